The fourth-order valence-corrected chi connectivity index (χ4v) is 2.34. The Kier molecular flexibility index (Phi) is 2.56. The maximum absolute atomic E-state index is 5.57. The lowest BCUT2D eigenvalue weighted by Crippen LogP contribution is -1.96. The van der Waals surface area contributed by atoms with Crippen LogP contribution in [0.15, 0.2) is 35.8 Å². The monoisotopic (exact) mass is 257 g/mol. The van der Waals surface area contributed by atoms with Gasteiger partial charge in [0.2, 0.25) is 0 Å². The van der Waals surface area contributed by atoms with E-state index in [9.17, 15) is 0 Å². The van der Waals surface area contributed by atoms with Gasteiger partial charge in [-0.1, -0.05) is 6.07 Å². The number of nitrogens with two attached hydrogens (primary N) is 1. The molecule has 5 nitrogen and oxygen atoms in total. The molecule has 2 N–H and O–H groups in total. The normalized spacial score (nSPS) is 10.7. The van der Waals surface area contributed by atoms with Gasteiger partial charge in [0.25, 0.3) is 0 Å². The van der Waals surface area contributed by atoms with E-state index in [0.717, 1.165) is 22.1 Å². The maximum Gasteiger partial charge on any atom is 0.191 e. The zero-order valence-electron chi connectivity index (χ0n) is 9.74. The molecular formula is C12H11N5S. The van der Waals surface area contributed by atoms with Gasteiger partial charge in [-0.15, -0.1) is 16.4 Å². The molecule has 18 heavy (non-hydrogen) atoms. The first-order valence-electron chi connectivity index (χ1n) is 5.41. The van der Waals surface area contributed by atoms with Crippen molar-refractivity contribution in [1.29, 1.82) is 0 Å². The van der Waals surface area contributed by atoms with E-state index in [2.05, 4.69) is 15.1 Å². The SMILES string of the molecule is Cn1nc(-c2cccs2)nc1-c1ccc(N)nc1. The van der Waals surface area contributed by atoms with E-state index in [0.29, 0.717) is 5.82 Å². The summed E-state index contributed by atoms with van der Waals surface area (Å²) in [6, 6.07) is 7.64. The molecule has 3 aromatic heterocycles. The summed E-state index contributed by atoms with van der Waals surface area (Å²) in [7, 11) is 1.87. The second kappa shape index (κ2) is 4.23. The number of pyridine rings is 1. The van der Waals surface area contributed by atoms with Crippen LogP contribution < -0.4 is 5.73 Å². The number of hydrogen-bond acceptors (Lipinski definition) is 5. The van der Waals surface area contributed by atoms with Crippen molar-refractivity contribution in [2.75, 3.05) is 5.73 Å². The van der Waals surface area contributed by atoms with Crippen molar-refractivity contribution in [1.82, 2.24) is 19.7 Å². The quantitative estimate of drug-likeness (QED) is 0.764. The van der Waals surface area contributed by atoms with Crippen molar-refractivity contribution in [3.8, 4) is 22.1 Å². The Morgan fingerprint density at radius 3 is 2.83 bits per heavy atom. The van der Waals surface area contributed by atoms with E-state index in [1.54, 1.807) is 28.3 Å². The van der Waals surface area contributed by atoms with Crippen LogP contribution in [0, 0.1) is 0 Å². The van der Waals surface area contributed by atoms with Crippen molar-refractivity contribution < 1.29 is 0 Å². The molecule has 0 amide bonds. The predicted molar refractivity (Wildman–Crippen MR) is 72.0 cm³/mol. The number of aromatic nitrogens is 4. The Bertz CT molecular complexity index is 654. The van der Waals surface area contributed by atoms with E-state index < -0.39 is 0 Å². The molecule has 3 aromatic rings. The largest absolute Gasteiger partial charge is 0.384 e. The number of hydrogen-bond donors (Lipinski definition) is 1. The zero-order valence-corrected chi connectivity index (χ0v) is 10.6. The van der Waals surface area contributed by atoms with Gasteiger partial charge in [-0.3, -0.25) is 0 Å². The summed E-state index contributed by atoms with van der Waals surface area (Å²) < 4.78 is 1.75. The van der Waals surface area contributed by atoms with Gasteiger partial charge in [0.1, 0.15) is 5.82 Å². The summed E-state index contributed by atoms with van der Waals surface area (Å²) >= 11 is 1.62. The minimum atomic E-state index is 0.499. The Hall–Kier alpha value is -2.21. The second-order valence-corrected chi connectivity index (χ2v) is 4.78. The van der Waals surface area contributed by atoms with Crippen LogP contribution in [-0.4, -0.2) is 19.7 Å². The minimum absolute atomic E-state index is 0.499. The van der Waals surface area contributed by atoms with Gasteiger partial charge in [-0.2, -0.15) is 0 Å². The number of rotatable bonds is 2. The minimum Gasteiger partial charge on any atom is -0.384 e. The van der Waals surface area contributed by atoms with Crippen LogP contribution in [0.3, 0.4) is 0 Å². The Morgan fingerprint density at radius 2 is 2.17 bits per heavy atom. The smallest absolute Gasteiger partial charge is 0.191 e. The number of aryl methyl sites for hydroxylation is 1. The summed E-state index contributed by atoms with van der Waals surface area (Å²) in [4.78, 5) is 9.66. The van der Waals surface area contributed by atoms with E-state index in [1.165, 1.54) is 0 Å². The summed E-state index contributed by atoms with van der Waals surface area (Å²) in [6.07, 6.45) is 1.71. The van der Waals surface area contributed by atoms with Gasteiger partial charge in [0.15, 0.2) is 11.6 Å². The molecule has 0 aliphatic heterocycles. The van der Waals surface area contributed by atoms with Crippen LogP contribution in [-0.2, 0) is 7.05 Å². The van der Waals surface area contributed by atoms with Crippen molar-refractivity contribution in [2.24, 2.45) is 7.05 Å². The molecule has 0 spiro atoms. The number of nitrogen functional groups attached to an aromatic ring is 1. The molecule has 0 aromatic carbocycles. The highest BCUT2D eigenvalue weighted by Gasteiger charge is 2.11. The molecule has 6 heteroatoms. The van der Waals surface area contributed by atoms with Gasteiger partial charge in [-0.25, -0.2) is 14.6 Å². The molecule has 0 radical (unpaired) electrons. The fourth-order valence-electron chi connectivity index (χ4n) is 1.68. The van der Waals surface area contributed by atoms with E-state index >= 15 is 0 Å². The standard InChI is InChI=1S/C12H11N5S/c1-17-12(8-4-5-10(13)14-7-8)15-11(16-17)9-3-2-6-18-9/h2-7H,1H3,(H2,13,14). The third kappa shape index (κ3) is 1.86. The Balaban J connectivity index is 2.06. The third-order valence-electron chi connectivity index (χ3n) is 2.55. The molecule has 0 saturated carbocycles. The van der Waals surface area contributed by atoms with E-state index in [-0.39, 0.29) is 0 Å². The van der Waals surface area contributed by atoms with Crippen molar-refractivity contribution >= 4 is 17.2 Å². The lowest BCUT2D eigenvalue weighted by Gasteiger charge is -1.99. The molecule has 0 aliphatic carbocycles. The average Bonchev–Trinajstić information content (AvgIpc) is 2.99. The van der Waals surface area contributed by atoms with Crippen LogP contribution >= 0.6 is 11.3 Å². The van der Waals surface area contributed by atoms with Crippen LogP contribution in [0.5, 0.6) is 0 Å². The Morgan fingerprint density at radius 1 is 1.28 bits per heavy atom. The van der Waals surface area contributed by atoms with Gasteiger partial charge in [-0.05, 0) is 23.6 Å². The van der Waals surface area contributed by atoms with Gasteiger partial charge >= 0.3 is 0 Å². The summed E-state index contributed by atoms with van der Waals surface area (Å²) in [5.74, 6) is 2.02. The van der Waals surface area contributed by atoms with Crippen LogP contribution in [0.25, 0.3) is 22.1 Å². The lowest BCUT2D eigenvalue weighted by molar-refractivity contribution is 0.777. The van der Waals surface area contributed by atoms with Gasteiger partial charge < -0.3 is 5.73 Å². The second-order valence-electron chi connectivity index (χ2n) is 3.83. The molecule has 0 atom stereocenters. The zero-order chi connectivity index (χ0) is 12.5. The highest BCUT2D eigenvalue weighted by Crippen LogP contribution is 2.24. The summed E-state index contributed by atoms with van der Waals surface area (Å²) in [5.41, 5.74) is 6.48. The molecular weight excluding hydrogens is 246 g/mol. The van der Waals surface area contributed by atoms with E-state index in [4.69, 9.17) is 5.73 Å². The molecule has 0 fully saturated rings. The average molecular weight is 257 g/mol. The Labute approximate surface area is 108 Å². The van der Waals surface area contributed by atoms with Crippen LogP contribution in [0.4, 0.5) is 5.82 Å². The maximum atomic E-state index is 5.57. The van der Waals surface area contributed by atoms with Crippen LogP contribution in [0.2, 0.25) is 0 Å². The topological polar surface area (TPSA) is 69.6 Å². The fraction of sp³-hybridized carbons (Fsp3) is 0.0833. The number of nitrogens with zero attached hydrogens (tertiary/aromatic N) is 4. The first-order chi connectivity index (χ1) is 8.74. The van der Waals surface area contributed by atoms with Gasteiger partial charge in [0, 0.05) is 18.8 Å². The molecule has 0 unspecified atom stereocenters. The first-order valence-corrected chi connectivity index (χ1v) is 6.29. The summed E-state index contributed by atoms with van der Waals surface area (Å²) in [6.45, 7) is 0. The van der Waals surface area contributed by atoms with Crippen molar-refractivity contribution in [3.63, 3.8) is 0 Å². The van der Waals surface area contributed by atoms with Crippen molar-refractivity contribution in [2.45, 2.75) is 0 Å². The molecule has 0 bridgehead atoms. The third-order valence-corrected chi connectivity index (χ3v) is 3.41. The number of anilines is 1. The highest BCUT2D eigenvalue weighted by molar-refractivity contribution is 7.13. The molecule has 90 valence electrons. The lowest BCUT2D eigenvalue weighted by atomic mass is 10.2. The molecule has 0 saturated heterocycles. The first kappa shape index (κ1) is 10.9. The predicted octanol–water partition coefficient (Wildman–Crippen LogP) is 2.19. The van der Waals surface area contributed by atoms with Crippen LogP contribution in [0.1, 0.15) is 0 Å². The molecule has 0 aliphatic rings. The van der Waals surface area contributed by atoms with Gasteiger partial charge in [0.05, 0.1) is 4.88 Å². The molecule has 3 heterocycles. The summed E-state index contributed by atoms with van der Waals surface area (Å²) in [5, 5.41) is 6.42. The molecule has 3 rings (SSSR count). The van der Waals surface area contributed by atoms with E-state index in [1.807, 2.05) is 30.6 Å². The number of thiophene rings is 1. The van der Waals surface area contributed by atoms with Crippen molar-refractivity contribution in [3.05, 3.63) is 35.8 Å². The highest BCUT2D eigenvalue weighted by atomic mass is 32.1.